The molecule has 4 rings (SSSR count). The number of aromatic hydroxyl groups is 1. The maximum atomic E-state index is 15.1. The summed E-state index contributed by atoms with van der Waals surface area (Å²) in [6.07, 6.45) is 3.07. The van der Waals surface area contributed by atoms with Crippen molar-refractivity contribution in [1.29, 1.82) is 0 Å². The van der Waals surface area contributed by atoms with E-state index in [0.717, 1.165) is 5.56 Å². The van der Waals surface area contributed by atoms with E-state index in [9.17, 15) is 18.3 Å². The van der Waals surface area contributed by atoms with Gasteiger partial charge in [0, 0.05) is 17.3 Å². The van der Waals surface area contributed by atoms with Crippen LogP contribution in [0.15, 0.2) is 54.9 Å². The lowest BCUT2D eigenvalue weighted by Gasteiger charge is -2.18. The molecule has 2 heterocycles. The summed E-state index contributed by atoms with van der Waals surface area (Å²) >= 11 is 0. The number of rotatable bonds is 4. The first-order valence-electron chi connectivity index (χ1n) is 8.27. The molecule has 1 saturated heterocycles. The minimum Gasteiger partial charge on any atom is -0.506 e. The van der Waals surface area contributed by atoms with E-state index in [2.05, 4.69) is 5.10 Å². The van der Waals surface area contributed by atoms with Crippen molar-refractivity contribution in [3.8, 4) is 16.9 Å². The summed E-state index contributed by atoms with van der Waals surface area (Å²) in [6.45, 7) is -0.129. The van der Waals surface area contributed by atoms with Crippen LogP contribution in [0.2, 0.25) is 0 Å². The molecule has 0 unspecified atom stereocenters. The standard InChI is InChI=1S/C18H15FN4O4S/c19-17-14(13-8-20-22(10-13)9-12-4-2-1-3-5-12)6-7-15(24)18(17)23-11-16(25)21-28(23,26)27/h1-8,10,24H,9,11H2,(H,21,25). The molecule has 3 aromatic rings. The first kappa shape index (κ1) is 18.0. The molecule has 1 fully saturated rings. The highest BCUT2D eigenvalue weighted by atomic mass is 32.2. The van der Waals surface area contributed by atoms with Crippen LogP contribution in [0.25, 0.3) is 11.1 Å². The van der Waals surface area contributed by atoms with Gasteiger partial charge in [-0.15, -0.1) is 0 Å². The maximum Gasteiger partial charge on any atom is 0.326 e. The molecule has 2 N–H and O–H groups in total. The smallest absolute Gasteiger partial charge is 0.326 e. The first-order chi connectivity index (χ1) is 13.3. The molecule has 28 heavy (non-hydrogen) atoms. The van der Waals surface area contributed by atoms with Crippen LogP contribution in [0.3, 0.4) is 0 Å². The van der Waals surface area contributed by atoms with Crippen molar-refractivity contribution in [1.82, 2.24) is 14.5 Å². The number of nitrogens with zero attached hydrogens (tertiary/aromatic N) is 3. The molecule has 2 aromatic carbocycles. The molecule has 1 aliphatic rings. The Bertz CT molecular complexity index is 1160. The summed E-state index contributed by atoms with van der Waals surface area (Å²) < 4.78 is 43.1. The van der Waals surface area contributed by atoms with Gasteiger partial charge in [0.1, 0.15) is 18.0 Å². The van der Waals surface area contributed by atoms with E-state index >= 15 is 4.39 Å². The number of hydrogen-bond acceptors (Lipinski definition) is 5. The van der Waals surface area contributed by atoms with Gasteiger partial charge in [-0.2, -0.15) is 13.5 Å². The summed E-state index contributed by atoms with van der Waals surface area (Å²) in [5.41, 5.74) is 0.899. The Morgan fingerprint density at radius 3 is 2.61 bits per heavy atom. The lowest BCUT2D eigenvalue weighted by Crippen LogP contribution is -2.30. The number of carbonyl (C=O) groups is 1. The van der Waals surface area contributed by atoms with Crippen LogP contribution in [-0.4, -0.2) is 35.8 Å². The Balaban J connectivity index is 1.71. The van der Waals surface area contributed by atoms with Crippen LogP contribution < -0.4 is 9.03 Å². The molecule has 1 aromatic heterocycles. The van der Waals surface area contributed by atoms with Gasteiger partial charge in [0.15, 0.2) is 5.82 Å². The molecular formula is C18H15FN4O4S. The summed E-state index contributed by atoms with van der Waals surface area (Å²) in [7, 11) is -4.26. The van der Waals surface area contributed by atoms with E-state index < -0.39 is 39.9 Å². The van der Waals surface area contributed by atoms with Crippen molar-refractivity contribution in [3.05, 3.63) is 66.2 Å². The number of aromatic nitrogens is 2. The van der Waals surface area contributed by atoms with Gasteiger partial charge in [0.05, 0.1) is 12.7 Å². The molecule has 144 valence electrons. The number of hydrogen-bond donors (Lipinski definition) is 2. The van der Waals surface area contributed by atoms with E-state index in [1.54, 1.807) is 15.6 Å². The number of amides is 1. The molecule has 0 saturated carbocycles. The topological polar surface area (TPSA) is 105 Å². The second-order valence-electron chi connectivity index (χ2n) is 6.24. The SMILES string of the molecule is O=C1CN(c2c(O)ccc(-c3cnn(Cc4ccccc4)c3)c2F)S(=O)(=O)N1. The fraction of sp³-hybridized carbons (Fsp3) is 0.111. The first-order valence-corrected chi connectivity index (χ1v) is 9.71. The second kappa shape index (κ2) is 6.64. The zero-order valence-electron chi connectivity index (χ0n) is 14.4. The number of carbonyl (C=O) groups excluding carboxylic acids is 1. The zero-order valence-corrected chi connectivity index (χ0v) is 15.2. The quantitative estimate of drug-likeness (QED) is 0.690. The highest BCUT2D eigenvalue weighted by molar-refractivity contribution is 7.92. The summed E-state index contributed by atoms with van der Waals surface area (Å²) in [6, 6.07) is 12.1. The number of benzene rings is 2. The Morgan fingerprint density at radius 1 is 1.18 bits per heavy atom. The normalized spacial score (nSPS) is 15.6. The van der Waals surface area contributed by atoms with Gasteiger partial charge < -0.3 is 5.11 Å². The van der Waals surface area contributed by atoms with E-state index in [4.69, 9.17) is 0 Å². The number of nitrogens with one attached hydrogen (secondary N) is 1. The van der Waals surface area contributed by atoms with Crippen LogP contribution in [0.4, 0.5) is 10.1 Å². The second-order valence-corrected chi connectivity index (χ2v) is 7.84. The largest absolute Gasteiger partial charge is 0.506 e. The molecule has 0 bridgehead atoms. The van der Waals surface area contributed by atoms with Crippen molar-refractivity contribution in [2.45, 2.75) is 6.54 Å². The van der Waals surface area contributed by atoms with Gasteiger partial charge in [0.25, 0.3) is 5.91 Å². The molecule has 0 spiro atoms. The number of phenolic OH excluding ortho intramolecular Hbond substituents is 1. The maximum absolute atomic E-state index is 15.1. The van der Waals surface area contributed by atoms with Crippen molar-refractivity contribution in [2.24, 2.45) is 0 Å². The van der Waals surface area contributed by atoms with Crippen molar-refractivity contribution in [3.63, 3.8) is 0 Å². The minimum absolute atomic E-state index is 0.0571. The minimum atomic E-state index is -4.26. The van der Waals surface area contributed by atoms with Gasteiger partial charge in [-0.1, -0.05) is 30.3 Å². The molecule has 0 atom stereocenters. The fourth-order valence-electron chi connectivity index (χ4n) is 3.02. The molecule has 1 amide bonds. The lowest BCUT2D eigenvalue weighted by molar-refractivity contribution is -0.117. The molecule has 10 heteroatoms. The van der Waals surface area contributed by atoms with Crippen LogP contribution in [0.1, 0.15) is 5.56 Å². The van der Waals surface area contributed by atoms with Crippen LogP contribution >= 0.6 is 0 Å². The molecule has 0 radical (unpaired) electrons. The van der Waals surface area contributed by atoms with Gasteiger partial charge in [-0.3, -0.25) is 9.48 Å². The highest BCUT2D eigenvalue weighted by Gasteiger charge is 2.38. The molecule has 1 aliphatic heterocycles. The van der Waals surface area contributed by atoms with Crippen LogP contribution in [0, 0.1) is 5.82 Å². The Morgan fingerprint density at radius 2 is 1.93 bits per heavy atom. The summed E-state index contributed by atoms with van der Waals surface area (Å²) in [5, 5.41) is 14.2. The predicted molar refractivity (Wildman–Crippen MR) is 99.2 cm³/mol. The third kappa shape index (κ3) is 3.18. The fourth-order valence-corrected chi connectivity index (χ4v) is 4.18. The van der Waals surface area contributed by atoms with E-state index in [0.29, 0.717) is 16.4 Å². The average molecular weight is 402 g/mol. The van der Waals surface area contributed by atoms with E-state index in [-0.39, 0.29) is 5.56 Å². The summed E-state index contributed by atoms with van der Waals surface area (Å²) in [4.78, 5) is 11.4. The molecular weight excluding hydrogens is 387 g/mol. The number of halogens is 1. The van der Waals surface area contributed by atoms with Crippen LogP contribution in [-0.2, 0) is 21.5 Å². The van der Waals surface area contributed by atoms with Crippen molar-refractivity contribution >= 4 is 21.8 Å². The van der Waals surface area contributed by atoms with Gasteiger partial charge >= 0.3 is 10.2 Å². The van der Waals surface area contributed by atoms with E-state index in [1.165, 1.54) is 18.3 Å². The zero-order chi connectivity index (χ0) is 19.9. The monoisotopic (exact) mass is 402 g/mol. The third-order valence-electron chi connectivity index (χ3n) is 4.30. The number of anilines is 1. The Hall–Kier alpha value is -3.40. The van der Waals surface area contributed by atoms with Crippen LogP contribution in [0.5, 0.6) is 5.75 Å². The van der Waals surface area contributed by atoms with Gasteiger partial charge in [0.2, 0.25) is 0 Å². The van der Waals surface area contributed by atoms with E-state index in [1.807, 2.05) is 30.3 Å². The predicted octanol–water partition coefficient (Wildman–Crippen LogP) is 1.62. The highest BCUT2D eigenvalue weighted by Crippen LogP contribution is 2.38. The Kier molecular flexibility index (Phi) is 4.27. The van der Waals surface area contributed by atoms with Crippen molar-refractivity contribution in [2.75, 3.05) is 10.8 Å². The molecule has 8 nitrogen and oxygen atoms in total. The lowest BCUT2D eigenvalue weighted by atomic mass is 10.1. The molecule has 0 aliphatic carbocycles. The van der Waals surface area contributed by atoms with Gasteiger partial charge in [-0.05, 0) is 17.7 Å². The van der Waals surface area contributed by atoms with Gasteiger partial charge in [-0.25, -0.2) is 13.4 Å². The Labute approximate surface area is 160 Å². The number of phenols is 1. The van der Waals surface area contributed by atoms with Crippen molar-refractivity contribution < 1.29 is 22.7 Å². The third-order valence-corrected chi connectivity index (χ3v) is 5.67. The summed E-state index contributed by atoms with van der Waals surface area (Å²) in [5.74, 6) is -2.35. The average Bonchev–Trinajstić information content (AvgIpc) is 3.19.